The lowest BCUT2D eigenvalue weighted by molar-refractivity contribution is -0.120. The van der Waals surface area contributed by atoms with Crippen LogP contribution in [0.5, 0.6) is 0 Å². The maximum Gasteiger partial charge on any atom is 0.270 e. The number of aromatic nitrogens is 3. The Balaban J connectivity index is 1.65. The molecule has 0 unspecified atom stereocenters. The maximum absolute atomic E-state index is 12.6. The summed E-state index contributed by atoms with van der Waals surface area (Å²) in [4.78, 5) is 29.2. The predicted molar refractivity (Wildman–Crippen MR) is 108 cm³/mol. The summed E-state index contributed by atoms with van der Waals surface area (Å²) in [6.07, 6.45) is 0. The standard InChI is InChI=1S/C20H24N6O2/c1-11-6-7-16(12(2)8-11)21-10-17(27)23-24-20(28)15-9-13(3)22-19-18(15)14(4)25-26(19)5/h6-9,21H,10H2,1-5H3,(H,23,27)(H,24,28). The number of nitrogens with one attached hydrogen (secondary N) is 3. The van der Waals surface area contributed by atoms with Gasteiger partial charge in [-0.1, -0.05) is 17.7 Å². The van der Waals surface area contributed by atoms with E-state index in [2.05, 4.69) is 26.3 Å². The van der Waals surface area contributed by atoms with Crippen LogP contribution in [0.4, 0.5) is 5.69 Å². The Labute approximate surface area is 163 Å². The molecular weight excluding hydrogens is 356 g/mol. The number of pyridine rings is 1. The second kappa shape index (κ2) is 7.67. The van der Waals surface area contributed by atoms with E-state index in [1.54, 1.807) is 17.8 Å². The lowest BCUT2D eigenvalue weighted by Crippen LogP contribution is -2.44. The van der Waals surface area contributed by atoms with E-state index in [0.29, 0.717) is 28.0 Å². The third kappa shape index (κ3) is 3.95. The van der Waals surface area contributed by atoms with Crippen LogP contribution in [0.3, 0.4) is 0 Å². The maximum atomic E-state index is 12.6. The Morgan fingerprint density at radius 1 is 1.07 bits per heavy atom. The first-order valence-corrected chi connectivity index (χ1v) is 8.97. The van der Waals surface area contributed by atoms with Crippen LogP contribution in [-0.4, -0.2) is 33.1 Å². The molecule has 3 aromatic rings. The molecule has 2 aromatic heterocycles. The monoisotopic (exact) mass is 380 g/mol. The van der Waals surface area contributed by atoms with Crippen molar-refractivity contribution in [3.63, 3.8) is 0 Å². The zero-order valence-corrected chi connectivity index (χ0v) is 16.7. The lowest BCUT2D eigenvalue weighted by atomic mass is 10.1. The van der Waals surface area contributed by atoms with Gasteiger partial charge in [0.15, 0.2) is 5.65 Å². The Kier molecular flexibility index (Phi) is 5.30. The molecule has 0 radical (unpaired) electrons. The highest BCUT2D eigenvalue weighted by Gasteiger charge is 2.18. The second-order valence-electron chi connectivity index (χ2n) is 6.89. The minimum absolute atomic E-state index is 0.0425. The van der Waals surface area contributed by atoms with Crippen molar-refractivity contribution in [1.29, 1.82) is 0 Å². The average molecular weight is 380 g/mol. The number of hydrazine groups is 1. The quantitative estimate of drug-likeness (QED) is 0.602. The van der Waals surface area contributed by atoms with Crippen molar-refractivity contribution in [2.45, 2.75) is 27.7 Å². The van der Waals surface area contributed by atoms with E-state index in [-0.39, 0.29) is 12.5 Å². The van der Waals surface area contributed by atoms with Gasteiger partial charge in [0.1, 0.15) is 0 Å². The number of anilines is 1. The molecule has 8 nitrogen and oxygen atoms in total. The second-order valence-corrected chi connectivity index (χ2v) is 6.89. The fraction of sp³-hybridized carbons (Fsp3) is 0.300. The fourth-order valence-corrected chi connectivity index (χ4v) is 3.17. The number of amides is 2. The molecule has 0 aliphatic rings. The zero-order valence-electron chi connectivity index (χ0n) is 16.7. The van der Waals surface area contributed by atoms with Crippen LogP contribution in [0.2, 0.25) is 0 Å². The van der Waals surface area contributed by atoms with Gasteiger partial charge in [0.25, 0.3) is 11.8 Å². The molecule has 0 fully saturated rings. The Bertz CT molecular complexity index is 1070. The summed E-state index contributed by atoms with van der Waals surface area (Å²) in [6.45, 7) is 7.66. The summed E-state index contributed by atoms with van der Waals surface area (Å²) in [5.41, 5.74) is 10.5. The van der Waals surface area contributed by atoms with Crippen molar-refractivity contribution in [3.8, 4) is 0 Å². The van der Waals surface area contributed by atoms with E-state index in [1.165, 1.54) is 0 Å². The van der Waals surface area contributed by atoms with E-state index in [0.717, 1.165) is 16.8 Å². The van der Waals surface area contributed by atoms with Gasteiger partial charge in [0.05, 0.1) is 23.2 Å². The van der Waals surface area contributed by atoms with Gasteiger partial charge in [-0.2, -0.15) is 5.10 Å². The molecule has 146 valence electrons. The first-order valence-electron chi connectivity index (χ1n) is 8.97. The number of fused-ring (bicyclic) bond motifs is 1. The molecular formula is C20H24N6O2. The van der Waals surface area contributed by atoms with Crippen LogP contribution < -0.4 is 16.2 Å². The molecule has 2 amide bonds. The van der Waals surface area contributed by atoms with E-state index in [1.807, 2.05) is 45.9 Å². The van der Waals surface area contributed by atoms with Gasteiger partial charge in [-0.25, -0.2) is 4.98 Å². The van der Waals surface area contributed by atoms with Crippen molar-refractivity contribution in [2.75, 3.05) is 11.9 Å². The first kappa shape index (κ1) is 19.3. The summed E-state index contributed by atoms with van der Waals surface area (Å²) >= 11 is 0. The molecule has 0 aliphatic heterocycles. The van der Waals surface area contributed by atoms with E-state index in [4.69, 9.17) is 0 Å². The number of benzene rings is 1. The minimum atomic E-state index is -0.411. The smallest absolute Gasteiger partial charge is 0.270 e. The topological polar surface area (TPSA) is 101 Å². The van der Waals surface area contributed by atoms with Gasteiger partial charge in [0, 0.05) is 18.4 Å². The SMILES string of the molecule is Cc1ccc(NCC(=O)NNC(=O)c2cc(C)nc3c2c(C)nn3C)c(C)c1. The number of hydrogen-bond donors (Lipinski definition) is 3. The van der Waals surface area contributed by atoms with Gasteiger partial charge in [-0.3, -0.25) is 25.1 Å². The van der Waals surface area contributed by atoms with E-state index in [9.17, 15) is 9.59 Å². The number of aryl methyl sites for hydroxylation is 5. The molecule has 3 N–H and O–H groups in total. The van der Waals surface area contributed by atoms with Crippen LogP contribution in [0.1, 0.15) is 32.9 Å². The number of rotatable bonds is 4. The summed E-state index contributed by atoms with van der Waals surface area (Å²) in [6, 6.07) is 7.63. The molecule has 1 aromatic carbocycles. The van der Waals surface area contributed by atoms with Crippen molar-refractivity contribution in [1.82, 2.24) is 25.6 Å². The largest absolute Gasteiger partial charge is 0.376 e. The number of carbonyl (C=O) groups excluding carboxylic acids is 2. The van der Waals surface area contributed by atoms with Crippen molar-refractivity contribution >= 4 is 28.5 Å². The molecule has 28 heavy (non-hydrogen) atoms. The van der Waals surface area contributed by atoms with Gasteiger partial charge in [-0.15, -0.1) is 0 Å². The first-order chi connectivity index (χ1) is 13.3. The Hall–Kier alpha value is -3.42. The van der Waals surface area contributed by atoms with Crippen molar-refractivity contribution < 1.29 is 9.59 Å². The molecule has 2 heterocycles. The highest BCUT2D eigenvalue weighted by molar-refractivity contribution is 6.07. The van der Waals surface area contributed by atoms with Crippen LogP contribution in [0.25, 0.3) is 11.0 Å². The van der Waals surface area contributed by atoms with Crippen LogP contribution in [-0.2, 0) is 11.8 Å². The molecule has 0 atom stereocenters. The van der Waals surface area contributed by atoms with Crippen molar-refractivity contribution in [2.24, 2.45) is 7.05 Å². The van der Waals surface area contributed by atoms with Crippen LogP contribution in [0.15, 0.2) is 24.3 Å². The highest BCUT2D eigenvalue weighted by Crippen LogP contribution is 2.21. The fourth-order valence-electron chi connectivity index (χ4n) is 3.17. The summed E-state index contributed by atoms with van der Waals surface area (Å²) < 4.78 is 1.64. The number of nitrogens with zero attached hydrogens (tertiary/aromatic N) is 3. The third-order valence-corrected chi connectivity index (χ3v) is 4.48. The van der Waals surface area contributed by atoms with Gasteiger partial charge in [0.2, 0.25) is 0 Å². The highest BCUT2D eigenvalue weighted by atomic mass is 16.2. The summed E-state index contributed by atoms with van der Waals surface area (Å²) in [5.74, 6) is -0.760. The number of hydrogen-bond acceptors (Lipinski definition) is 5. The third-order valence-electron chi connectivity index (χ3n) is 4.48. The zero-order chi connectivity index (χ0) is 20.4. The average Bonchev–Trinajstić information content (AvgIpc) is 2.92. The molecule has 0 aliphatic carbocycles. The van der Waals surface area contributed by atoms with Crippen LogP contribution in [0, 0.1) is 27.7 Å². The Morgan fingerprint density at radius 2 is 1.82 bits per heavy atom. The molecule has 3 rings (SSSR count). The normalized spacial score (nSPS) is 10.8. The molecule has 8 heteroatoms. The molecule has 0 bridgehead atoms. The molecule has 0 saturated heterocycles. The molecule has 0 spiro atoms. The summed E-state index contributed by atoms with van der Waals surface area (Å²) in [7, 11) is 1.78. The van der Waals surface area contributed by atoms with Crippen molar-refractivity contribution in [3.05, 3.63) is 52.3 Å². The van der Waals surface area contributed by atoms with Gasteiger partial charge < -0.3 is 5.32 Å². The number of carbonyl (C=O) groups is 2. The molecule has 0 saturated carbocycles. The van der Waals surface area contributed by atoms with Gasteiger partial charge >= 0.3 is 0 Å². The lowest BCUT2D eigenvalue weighted by Gasteiger charge is -2.12. The van der Waals surface area contributed by atoms with E-state index < -0.39 is 5.91 Å². The predicted octanol–water partition coefficient (Wildman–Crippen LogP) is 2.08. The van der Waals surface area contributed by atoms with E-state index >= 15 is 0 Å². The Morgan fingerprint density at radius 3 is 2.54 bits per heavy atom. The van der Waals surface area contributed by atoms with Gasteiger partial charge in [-0.05, 0) is 45.4 Å². The summed E-state index contributed by atoms with van der Waals surface area (Å²) in [5, 5.41) is 8.07. The minimum Gasteiger partial charge on any atom is -0.376 e. The van der Waals surface area contributed by atoms with Crippen LogP contribution >= 0.6 is 0 Å².